The second-order valence-electron chi connectivity index (χ2n) is 5.99. The van der Waals surface area contributed by atoms with Crippen LogP contribution in [0.4, 0.5) is 0 Å². The zero-order valence-corrected chi connectivity index (χ0v) is 15.2. The van der Waals surface area contributed by atoms with Crippen LogP contribution in [0.1, 0.15) is 35.2 Å². The molecule has 0 bridgehead atoms. The van der Waals surface area contributed by atoms with Crippen molar-refractivity contribution in [1.82, 2.24) is 0 Å². The number of phenolic OH excluding ortho intramolecular Hbond substituents is 2. The number of Topliss-reactive ketones (excluding diaryl/α,β-unsaturated/α-hetero) is 1. The van der Waals surface area contributed by atoms with E-state index in [4.69, 9.17) is 0 Å². The first kappa shape index (κ1) is 16.2. The van der Waals surface area contributed by atoms with Gasteiger partial charge in [0.1, 0.15) is 0 Å². The number of carbonyl (C=O) groups is 1. The SMILES string of the molecule is CCC1C(=O)c2cc(O)c(O)cc2Sc2ccc(-c3cccs3)cc21. The topological polar surface area (TPSA) is 57.5 Å². The first-order chi connectivity index (χ1) is 12.1. The van der Waals surface area contributed by atoms with Gasteiger partial charge >= 0.3 is 0 Å². The van der Waals surface area contributed by atoms with Crippen molar-refractivity contribution in [3.05, 3.63) is 59.0 Å². The monoisotopic (exact) mass is 368 g/mol. The lowest BCUT2D eigenvalue weighted by Crippen LogP contribution is -2.12. The Morgan fingerprint density at radius 2 is 1.84 bits per heavy atom. The summed E-state index contributed by atoms with van der Waals surface area (Å²) in [7, 11) is 0. The van der Waals surface area contributed by atoms with E-state index in [1.807, 2.05) is 24.4 Å². The maximum Gasteiger partial charge on any atom is 0.171 e. The molecule has 2 N–H and O–H groups in total. The molecule has 25 heavy (non-hydrogen) atoms. The van der Waals surface area contributed by atoms with Gasteiger partial charge in [0.05, 0.1) is 0 Å². The highest BCUT2D eigenvalue weighted by Gasteiger charge is 2.30. The number of thiophene rings is 1. The molecular weight excluding hydrogens is 352 g/mol. The molecule has 1 aliphatic heterocycles. The molecule has 1 aromatic heterocycles. The van der Waals surface area contributed by atoms with E-state index in [9.17, 15) is 15.0 Å². The van der Waals surface area contributed by atoms with E-state index in [0.717, 1.165) is 16.0 Å². The maximum absolute atomic E-state index is 13.1. The molecular formula is C20H16O3S2. The van der Waals surface area contributed by atoms with Gasteiger partial charge in [-0.15, -0.1) is 11.3 Å². The third-order valence-corrected chi connectivity index (χ3v) is 6.55. The van der Waals surface area contributed by atoms with Crippen LogP contribution in [0.2, 0.25) is 0 Å². The zero-order valence-electron chi connectivity index (χ0n) is 13.5. The molecule has 1 aliphatic rings. The predicted octanol–water partition coefficient (Wildman–Crippen LogP) is 5.67. The molecule has 0 saturated carbocycles. The van der Waals surface area contributed by atoms with Crippen molar-refractivity contribution in [1.29, 1.82) is 0 Å². The van der Waals surface area contributed by atoms with Gasteiger partial charge in [-0.3, -0.25) is 4.79 Å². The molecule has 0 spiro atoms. The Morgan fingerprint density at radius 1 is 1.04 bits per heavy atom. The van der Waals surface area contributed by atoms with Gasteiger partial charge in [-0.2, -0.15) is 0 Å². The van der Waals surface area contributed by atoms with Crippen LogP contribution >= 0.6 is 23.1 Å². The summed E-state index contributed by atoms with van der Waals surface area (Å²) in [5.41, 5.74) is 2.59. The number of hydrogen-bond acceptors (Lipinski definition) is 5. The summed E-state index contributed by atoms with van der Waals surface area (Å²) in [5, 5.41) is 21.7. The standard InChI is InChI=1S/C20H16O3S2/c1-2-12-13-8-11(17-4-3-7-24-17)5-6-18(13)25-19-10-16(22)15(21)9-14(19)20(12)23/h3-10,12,21-22H,2H2,1H3. The summed E-state index contributed by atoms with van der Waals surface area (Å²) in [4.78, 5) is 16.0. The molecule has 5 heteroatoms. The van der Waals surface area contributed by atoms with E-state index >= 15 is 0 Å². The Hall–Kier alpha value is -2.24. The highest BCUT2D eigenvalue weighted by atomic mass is 32.2. The van der Waals surface area contributed by atoms with Crippen molar-refractivity contribution in [3.63, 3.8) is 0 Å². The lowest BCUT2D eigenvalue weighted by Gasteiger charge is -2.15. The summed E-state index contributed by atoms with van der Waals surface area (Å²) in [6.45, 7) is 2.00. The fourth-order valence-electron chi connectivity index (χ4n) is 3.20. The van der Waals surface area contributed by atoms with Gasteiger partial charge in [-0.25, -0.2) is 0 Å². The predicted molar refractivity (Wildman–Crippen MR) is 101 cm³/mol. The minimum absolute atomic E-state index is 0.0117. The zero-order chi connectivity index (χ0) is 17.6. The first-order valence-electron chi connectivity index (χ1n) is 8.04. The van der Waals surface area contributed by atoms with Gasteiger partial charge in [-0.1, -0.05) is 30.8 Å². The van der Waals surface area contributed by atoms with Crippen LogP contribution in [0.25, 0.3) is 10.4 Å². The van der Waals surface area contributed by atoms with E-state index in [0.29, 0.717) is 16.9 Å². The van der Waals surface area contributed by atoms with Crippen LogP contribution in [0, 0.1) is 0 Å². The van der Waals surface area contributed by atoms with E-state index < -0.39 is 0 Å². The van der Waals surface area contributed by atoms with E-state index in [2.05, 4.69) is 18.2 Å². The molecule has 1 unspecified atom stereocenters. The molecule has 126 valence electrons. The number of rotatable bonds is 2. The van der Waals surface area contributed by atoms with Crippen LogP contribution in [0.15, 0.2) is 57.6 Å². The molecule has 3 nitrogen and oxygen atoms in total. The number of benzene rings is 2. The lowest BCUT2D eigenvalue weighted by atomic mass is 9.87. The largest absolute Gasteiger partial charge is 0.504 e. The summed E-state index contributed by atoms with van der Waals surface area (Å²) in [6.07, 6.45) is 0.682. The number of phenols is 2. The average molecular weight is 368 g/mol. The van der Waals surface area contributed by atoms with Crippen molar-refractivity contribution in [2.45, 2.75) is 29.1 Å². The molecule has 2 heterocycles. The second kappa shape index (κ2) is 6.24. The highest BCUT2D eigenvalue weighted by molar-refractivity contribution is 7.99. The number of aromatic hydroxyl groups is 2. The Labute approximate surface area is 154 Å². The fourth-order valence-corrected chi connectivity index (χ4v) is 5.05. The molecule has 0 fully saturated rings. The van der Waals surface area contributed by atoms with Gasteiger partial charge < -0.3 is 10.2 Å². The Balaban J connectivity index is 1.89. The summed E-state index contributed by atoms with van der Waals surface area (Å²) < 4.78 is 0. The van der Waals surface area contributed by atoms with Crippen LogP contribution in [-0.4, -0.2) is 16.0 Å². The van der Waals surface area contributed by atoms with Crippen LogP contribution in [0.3, 0.4) is 0 Å². The van der Waals surface area contributed by atoms with Gasteiger partial charge in [-0.05, 0) is 53.3 Å². The molecule has 0 radical (unpaired) electrons. The van der Waals surface area contributed by atoms with Crippen molar-refractivity contribution in [2.24, 2.45) is 0 Å². The van der Waals surface area contributed by atoms with E-state index in [1.54, 1.807) is 11.3 Å². The molecule has 3 aromatic rings. The number of ketones is 1. The number of hydrogen-bond donors (Lipinski definition) is 2. The highest BCUT2D eigenvalue weighted by Crippen LogP contribution is 2.46. The number of carbonyl (C=O) groups excluding carboxylic acids is 1. The summed E-state index contributed by atoms with van der Waals surface area (Å²) in [6, 6.07) is 13.2. The minimum atomic E-state index is -0.257. The van der Waals surface area contributed by atoms with Crippen LogP contribution in [0.5, 0.6) is 11.5 Å². The Morgan fingerprint density at radius 3 is 2.56 bits per heavy atom. The third kappa shape index (κ3) is 2.73. The van der Waals surface area contributed by atoms with Crippen LogP contribution < -0.4 is 0 Å². The third-order valence-electron chi connectivity index (χ3n) is 4.48. The quantitative estimate of drug-likeness (QED) is 0.572. The van der Waals surface area contributed by atoms with Gasteiger partial charge in [0.2, 0.25) is 0 Å². The van der Waals surface area contributed by atoms with Gasteiger partial charge in [0.15, 0.2) is 17.3 Å². The maximum atomic E-state index is 13.1. The molecule has 4 rings (SSSR count). The summed E-state index contributed by atoms with van der Waals surface area (Å²) in [5.74, 6) is -0.728. The van der Waals surface area contributed by atoms with E-state index in [1.165, 1.54) is 28.8 Å². The van der Waals surface area contributed by atoms with Gasteiger partial charge in [0, 0.05) is 26.1 Å². The molecule has 2 aromatic carbocycles. The van der Waals surface area contributed by atoms with Crippen LogP contribution in [-0.2, 0) is 0 Å². The van der Waals surface area contributed by atoms with Crippen molar-refractivity contribution < 1.29 is 15.0 Å². The van der Waals surface area contributed by atoms with Crippen molar-refractivity contribution in [2.75, 3.05) is 0 Å². The van der Waals surface area contributed by atoms with E-state index in [-0.39, 0.29) is 23.2 Å². The summed E-state index contributed by atoms with van der Waals surface area (Å²) >= 11 is 3.14. The first-order valence-corrected chi connectivity index (χ1v) is 9.74. The molecule has 1 atom stereocenters. The molecule has 0 saturated heterocycles. The molecule has 0 amide bonds. The normalized spacial score (nSPS) is 16.2. The van der Waals surface area contributed by atoms with Gasteiger partial charge in [0.25, 0.3) is 0 Å². The number of fused-ring (bicyclic) bond motifs is 2. The van der Waals surface area contributed by atoms with Crippen molar-refractivity contribution in [3.8, 4) is 21.9 Å². The molecule has 0 aliphatic carbocycles. The fraction of sp³-hybridized carbons (Fsp3) is 0.150. The smallest absolute Gasteiger partial charge is 0.171 e. The minimum Gasteiger partial charge on any atom is -0.504 e. The Kier molecular flexibility index (Phi) is 4.06. The van der Waals surface area contributed by atoms with Crippen molar-refractivity contribution >= 4 is 28.9 Å². The second-order valence-corrected chi connectivity index (χ2v) is 8.03. The average Bonchev–Trinajstić information content (AvgIpc) is 3.11. The lowest BCUT2D eigenvalue weighted by molar-refractivity contribution is 0.0953. The Bertz CT molecular complexity index is 961.